The maximum absolute atomic E-state index is 11.6. The number of hydrogen-bond acceptors (Lipinski definition) is 5. The van der Waals surface area contributed by atoms with Gasteiger partial charge in [0.15, 0.2) is 5.69 Å². The Morgan fingerprint density at radius 2 is 2.28 bits per heavy atom. The average Bonchev–Trinajstić information content (AvgIpc) is 3.02. The Kier molecular flexibility index (Phi) is 3.56. The Balaban J connectivity index is 2.10. The Morgan fingerprint density at radius 3 is 2.83 bits per heavy atom. The molecule has 0 saturated heterocycles. The van der Waals surface area contributed by atoms with Gasteiger partial charge in [0.2, 0.25) is 5.91 Å². The summed E-state index contributed by atoms with van der Waals surface area (Å²) in [6.45, 7) is 0.000809. The van der Waals surface area contributed by atoms with Crippen LogP contribution in [0.3, 0.4) is 0 Å². The molecule has 0 atom stereocenters. The van der Waals surface area contributed by atoms with Crippen LogP contribution in [0.1, 0.15) is 29.0 Å². The molecule has 1 amide bonds. The van der Waals surface area contributed by atoms with Crippen molar-refractivity contribution >= 4 is 11.9 Å². The number of carbonyl (C=O) groups excluding carboxylic acids is 1. The Labute approximate surface area is 103 Å². The zero-order valence-corrected chi connectivity index (χ0v) is 9.92. The van der Waals surface area contributed by atoms with Gasteiger partial charge < -0.3 is 15.2 Å². The van der Waals surface area contributed by atoms with Crippen LogP contribution in [-0.4, -0.2) is 45.1 Å². The molecule has 2 rings (SSSR count). The van der Waals surface area contributed by atoms with Crippen molar-refractivity contribution in [2.24, 2.45) is 0 Å². The molecule has 1 aliphatic rings. The van der Waals surface area contributed by atoms with E-state index in [1.54, 1.807) is 0 Å². The van der Waals surface area contributed by atoms with E-state index in [-0.39, 0.29) is 36.5 Å². The number of nitrogens with one attached hydrogen (secondary N) is 1. The van der Waals surface area contributed by atoms with Gasteiger partial charge in [0.05, 0.1) is 12.3 Å². The predicted octanol–water partition coefficient (Wildman–Crippen LogP) is -0.599. The van der Waals surface area contributed by atoms with E-state index in [1.165, 1.54) is 11.8 Å². The van der Waals surface area contributed by atoms with E-state index in [9.17, 15) is 9.59 Å². The molecule has 0 aliphatic heterocycles. The van der Waals surface area contributed by atoms with Gasteiger partial charge in [-0.1, -0.05) is 5.21 Å². The topological polar surface area (TPSA) is 106 Å². The van der Waals surface area contributed by atoms with Crippen molar-refractivity contribution in [3.8, 4) is 0 Å². The molecule has 1 heterocycles. The first-order chi connectivity index (χ1) is 8.61. The first-order valence-electron chi connectivity index (χ1n) is 5.55. The number of rotatable bonds is 6. The molecule has 8 heteroatoms. The first kappa shape index (κ1) is 12.5. The molecule has 98 valence electrons. The highest BCUT2D eigenvalue weighted by Gasteiger charge is 2.25. The van der Waals surface area contributed by atoms with Crippen LogP contribution >= 0.6 is 0 Å². The van der Waals surface area contributed by atoms with Gasteiger partial charge in [0, 0.05) is 13.2 Å². The summed E-state index contributed by atoms with van der Waals surface area (Å²) < 4.78 is 6.15. The third kappa shape index (κ3) is 2.83. The summed E-state index contributed by atoms with van der Waals surface area (Å²) in [7, 11) is 1.44. The van der Waals surface area contributed by atoms with Crippen LogP contribution in [0.4, 0.5) is 0 Å². The lowest BCUT2D eigenvalue weighted by atomic mass is 10.3. The fraction of sp³-hybridized carbons (Fsp3) is 0.600. The number of aromatic nitrogens is 3. The Morgan fingerprint density at radius 1 is 1.56 bits per heavy atom. The maximum Gasteiger partial charge on any atom is 0.358 e. The lowest BCUT2D eigenvalue weighted by molar-refractivity contribution is -0.122. The first-order valence-corrected chi connectivity index (χ1v) is 5.55. The van der Waals surface area contributed by atoms with Crippen molar-refractivity contribution in [3.63, 3.8) is 0 Å². The van der Waals surface area contributed by atoms with E-state index in [0.29, 0.717) is 0 Å². The van der Waals surface area contributed by atoms with Crippen LogP contribution < -0.4 is 5.32 Å². The van der Waals surface area contributed by atoms with Crippen molar-refractivity contribution in [1.82, 2.24) is 20.3 Å². The summed E-state index contributed by atoms with van der Waals surface area (Å²) >= 11 is 0. The van der Waals surface area contributed by atoms with Crippen LogP contribution in [0, 0.1) is 0 Å². The van der Waals surface area contributed by atoms with E-state index in [1.807, 2.05) is 0 Å². The number of ether oxygens (including phenoxy) is 1. The lowest BCUT2D eigenvalue weighted by Crippen LogP contribution is -2.30. The second kappa shape index (κ2) is 5.13. The molecule has 0 spiro atoms. The fourth-order valence-electron chi connectivity index (χ4n) is 1.54. The van der Waals surface area contributed by atoms with Gasteiger partial charge in [-0.25, -0.2) is 9.48 Å². The summed E-state index contributed by atoms with van der Waals surface area (Å²) in [5, 5.41) is 18.9. The molecule has 0 aromatic carbocycles. The molecular formula is C10H14N4O4. The lowest BCUT2D eigenvalue weighted by Gasteiger charge is -2.06. The highest BCUT2D eigenvalue weighted by Crippen LogP contribution is 2.18. The molecule has 1 aromatic heterocycles. The quantitative estimate of drug-likeness (QED) is 0.702. The van der Waals surface area contributed by atoms with Gasteiger partial charge in [0.25, 0.3) is 0 Å². The summed E-state index contributed by atoms with van der Waals surface area (Å²) in [6.07, 6.45) is 1.99. The number of amides is 1. The third-order valence-corrected chi connectivity index (χ3v) is 2.56. The Bertz CT molecular complexity index is 466. The van der Waals surface area contributed by atoms with Gasteiger partial charge in [-0.3, -0.25) is 4.79 Å². The molecule has 0 unspecified atom stereocenters. The molecule has 18 heavy (non-hydrogen) atoms. The number of nitrogens with zero attached hydrogens (tertiary/aromatic N) is 3. The second-order valence-corrected chi connectivity index (χ2v) is 4.12. The number of carboxylic acids is 1. The minimum Gasteiger partial charge on any atom is -0.476 e. The molecule has 0 bridgehead atoms. The van der Waals surface area contributed by atoms with Gasteiger partial charge in [-0.05, 0) is 12.8 Å². The zero-order valence-electron chi connectivity index (χ0n) is 9.92. The van der Waals surface area contributed by atoms with E-state index >= 15 is 0 Å². The maximum atomic E-state index is 11.6. The number of carbonyl (C=O) groups is 2. The molecule has 1 fully saturated rings. The van der Waals surface area contributed by atoms with E-state index in [2.05, 4.69) is 15.6 Å². The Hall–Kier alpha value is -1.96. The monoisotopic (exact) mass is 254 g/mol. The minimum atomic E-state index is -1.18. The summed E-state index contributed by atoms with van der Waals surface area (Å²) in [5.41, 5.74) is 0.104. The van der Waals surface area contributed by atoms with Crippen molar-refractivity contribution in [3.05, 3.63) is 11.4 Å². The smallest absolute Gasteiger partial charge is 0.358 e. The number of carboxylic acid groups (broad SMARTS) is 1. The standard InChI is InChI=1S/C10H14N4O4/c1-18-5-7-9(10(16)17)12-13-14(7)4-8(15)11-6-2-3-6/h6H,2-5H2,1H3,(H,11,15)(H,16,17). The van der Waals surface area contributed by atoms with E-state index in [4.69, 9.17) is 9.84 Å². The largest absolute Gasteiger partial charge is 0.476 e. The van der Waals surface area contributed by atoms with Crippen LogP contribution in [0.2, 0.25) is 0 Å². The SMILES string of the molecule is COCc1c(C(=O)O)nnn1CC(=O)NC1CC1. The molecule has 0 radical (unpaired) electrons. The highest BCUT2D eigenvalue weighted by atomic mass is 16.5. The zero-order chi connectivity index (χ0) is 13.1. The van der Waals surface area contributed by atoms with Crippen molar-refractivity contribution in [2.75, 3.05) is 7.11 Å². The van der Waals surface area contributed by atoms with Crippen LogP contribution in [0.5, 0.6) is 0 Å². The van der Waals surface area contributed by atoms with Gasteiger partial charge in [0.1, 0.15) is 6.54 Å². The fourth-order valence-corrected chi connectivity index (χ4v) is 1.54. The molecule has 1 saturated carbocycles. The molecule has 2 N–H and O–H groups in total. The van der Waals surface area contributed by atoms with E-state index in [0.717, 1.165) is 12.8 Å². The minimum absolute atomic E-state index is 0.0462. The van der Waals surface area contributed by atoms with Crippen molar-refractivity contribution in [1.29, 1.82) is 0 Å². The van der Waals surface area contributed by atoms with Gasteiger partial charge in [-0.15, -0.1) is 5.10 Å². The van der Waals surface area contributed by atoms with Crippen molar-refractivity contribution < 1.29 is 19.4 Å². The number of hydrogen-bond donors (Lipinski definition) is 2. The molecule has 1 aliphatic carbocycles. The number of methoxy groups -OCH3 is 1. The average molecular weight is 254 g/mol. The van der Waals surface area contributed by atoms with E-state index < -0.39 is 5.97 Å². The molecule has 1 aromatic rings. The number of aromatic carboxylic acids is 1. The predicted molar refractivity (Wildman–Crippen MR) is 58.9 cm³/mol. The van der Waals surface area contributed by atoms with Crippen LogP contribution in [0.15, 0.2) is 0 Å². The summed E-state index contributed by atoms with van der Waals surface area (Å²) in [4.78, 5) is 22.5. The summed E-state index contributed by atoms with van der Waals surface area (Å²) in [5.74, 6) is -1.38. The second-order valence-electron chi connectivity index (χ2n) is 4.12. The van der Waals surface area contributed by atoms with Crippen molar-refractivity contribution in [2.45, 2.75) is 32.0 Å². The van der Waals surface area contributed by atoms with Crippen LogP contribution in [-0.2, 0) is 22.7 Å². The normalized spacial score (nSPS) is 14.5. The molecule has 8 nitrogen and oxygen atoms in total. The highest BCUT2D eigenvalue weighted by molar-refractivity contribution is 5.86. The van der Waals surface area contributed by atoms with Gasteiger partial charge in [-0.2, -0.15) is 0 Å². The third-order valence-electron chi connectivity index (χ3n) is 2.56. The van der Waals surface area contributed by atoms with Gasteiger partial charge >= 0.3 is 5.97 Å². The van der Waals surface area contributed by atoms with Crippen LogP contribution in [0.25, 0.3) is 0 Å². The summed E-state index contributed by atoms with van der Waals surface area (Å²) in [6, 6.07) is 0.255. The molecular weight excluding hydrogens is 240 g/mol.